The first-order valence-electron chi connectivity index (χ1n) is 10.2. The van der Waals surface area contributed by atoms with E-state index < -0.39 is 38.5 Å². The molecule has 32 heavy (non-hydrogen) atoms. The van der Waals surface area contributed by atoms with Gasteiger partial charge in [-0.05, 0) is 48.7 Å². The normalized spacial score (nSPS) is 16.6. The zero-order chi connectivity index (χ0) is 22.7. The Balaban J connectivity index is 1.45. The number of sulfonamides is 1. The number of piperidine rings is 1. The zero-order valence-corrected chi connectivity index (χ0v) is 17.9. The van der Waals surface area contributed by atoms with Gasteiger partial charge in [-0.3, -0.25) is 4.79 Å². The third-order valence-electron chi connectivity index (χ3n) is 5.58. The summed E-state index contributed by atoms with van der Waals surface area (Å²) in [4.78, 5) is 12.3. The highest BCUT2D eigenvalue weighted by atomic mass is 32.2. The maximum Gasteiger partial charge on any atom is 0.246 e. The maximum absolute atomic E-state index is 14.0. The van der Waals surface area contributed by atoms with Crippen LogP contribution in [0.5, 0.6) is 0 Å². The number of furan rings is 1. The second-order valence-electron chi connectivity index (χ2n) is 7.62. The van der Waals surface area contributed by atoms with Crippen molar-refractivity contribution in [2.75, 3.05) is 13.1 Å². The molecule has 3 aromatic rings. The topological polar surface area (TPSA) is 79.6 Å². The zero-order valence-electron chi connectivity index (χ0n) is 17.1. The van der Waals surface area contributed by atoms with Crippen molar-refractivity contribution in [1.82, 2.24) is 9.62 Å². The monoisotopic (exact) mass is 460 g/mol. The van der Waals surface area contributed by atoms with Crippen molar-refractivity contribution in [2.24, 2.45) is 5.92 Å². The Labute approximate surface area is 184 Å². The van der Waals surface area contributed by atoms with Crippen LogP contribution >= 0.6 is 0 Å². The van der Waals surface area contributed by atoms with Crippen LogP contribution in [-0.2, 0) is 14.8 Å². The summed E-state index contributed by atoms with van der Waals surface area (Å²) >= 11 is 0. The molecule has 0 bridgehead atoms. The van der Waals surface area contributed by atoms with E-state index in [1.807, 2.05) is 30.3 Å². The third kappa shape index (κ3) is 4.58. The summed E-state index contributed by atoms with van der Waals surface area (Å²) < 4.78 is 59.6. The fraction of sp³-hybridized carbons (Fsp3) is 0.261. The Morgan fingerprint density at radius 3 is 2.41 bits per heavy atom. The molecule has 1 aliphatic heterocycles. The summed E-state index contributed by atoms with van der Waals surface area (Å²) in [5.74, 6) is -1.88. The molecule has 2 aromatic carbocycles. The predicted octanol–water partition coefficient (Wildman–Crippen LogP) is 3.86. The molecule has 1 atom stereocenters. The predicted molar refractivity (Wildman–Crippen MR) is 113 cm³/mol. The molecule has 9 heteroatoms. The van der Waals surface area contributed by atoms with Crippen molar-refractivity contribution in [3.8, 4) is 0 Å². The Morgan fingerprint density at radius 1 is 1.03 bits per heavy atom. The van der Waals surface area contributed by atoms with Crippen LogP contribution in [0, 0.1) is 17.6 Å². The smallest absolute Gasteiger partial charge is 0.246 e. The van der Waals surface area contributed by atoms with Crippen LogP contribution in [0.4, 0.5) is 8.78 Å². The van der Waals surface area contributed by atoms with Crippen LogP contribution in [0.1, 0.15) is 30.2 Å². The minimum absolute atomic E-state index is 0.0349. The number of hydrogen-bond donors (Lipinski definition) is 1. The Hall–Kier alpha value is -3.04. The van der Waals surface area contributed by atoms with Gasteiger partial charge in [-0.15, -0.1) is 0 Å². The molecule has 1 amide bonds. The third-order valence-corrected chi connectivity index (χ3v) is 7.50. The number of carbonyl (C=O) groups is 1. The summed E-state index contributed by atoms with van der Waals surface area (Å²) in [5, 5.41) is 3.00. The summed E-state index contributed by atoms with van der Waals surface area (Å²) in [6.07, 6.45) is 2.07. The van der Waals surface area contributed by atoms with E-state index in [0.717, 1.165) is 22.0 Å². The average Bonchev–Trinajstić information content (AvgIpc) is 3.34. The first-order valence-corrected chi connectivity index (χ1v) is 11.6. The van der Waals surface area contributed by atoms with Crippen molar-refractivity contribution in [3.05, 3.63) is 89.9 Å². The van der Waals surface area contributed by atoms with Gasteiger partial charge in [-0.1, -0.05) is 30.3 Å². The van der Waals surface area contributed by atoms with Crippen LogP contribution < -0.4 is 5.32 Å². The standard InChI is InChI=1S/C23H22F2N2O4S/c24-18-8-9-19(25)21(15-18)32(29,30)27-12-10-17(11-13-27)23(28)26-22(20-7-4-14-31-20)16-5-2-1-3-6-16/h1-9,14-15,17,22H,10-13H2,(H,26,28). The molecule has 6 nitrogen and oxygen atoms in total. The van der Waals surface area contributed by atoms with E-state index in [2.05, 4.69) is 5.32 Å². The minimum Gasteiger partial charge on any atom is -0.467 e. The largest absolute Gasteiger partial charge is 0.467 e. The summed E-state index contributed by atoms with van der Waals surface area (Å²) in [5.41, 5.74) is 0.859. The molecule has 1 aliphatic rings. The number of hydrogen-bond acceptors (Lipinski definition) is 4. The van der Waals surface area contributed by atoms with E-state index in [0.29, 0.717) is 11.8 Å². The van der Waals surface area contributed by atoms with Gasteiger partial charge in [0.1, 0.15) is 28.3 Å². The highest BCUT2D eigenvalue weighted by Crippen LogP contribution is 2.28. The molecule has 0 spiro atoms. The van der Waals surface area contributed by atoms with Crippen LogP contribution in [0.15, 0.2) is 76.2 Å². The molecule has 1 N–H and O–H groups in total. The van der Waals surface area contributed by atoms with Gasteiger partial charge in [0.15, 0.2) is 0 Å². The quantitative estimate of drug-likeness (QED) is 0.606. The van der Waals surface area contributed by atoms with Gasteiger partial charge in [-0.2, -0.15) is 4.31 Å². The lowest BCUT2D eigenvalue weighted by molar-refractivity contribution is -0.126. The molecular weight excluding hydrogens is 438 g/mol. The van der Waals surface area contributed by atoms with Crippen molar-refractivity contribution >= 4 is 15.9 Å². The molecule has 4 rings (SSSR count). The van der Waals surface area contributed by atoms with Crippen LogP contribution in [-0.4, -0.2) is 31.7 Å². The SMILES string of the molecule is O=C(NC(c1ccccc1)c1ccco1)C1CCN(S(=O)(=O)c2cc(F)ccc2F)CC1. The lowest BCUT2D eigenvalue weighted by atomic mass is 9.95. The molecule has 0 aliphatic carbocycles. The lowest BCUT2D eigenvalue weighted by Gasteiger charge is -2.31. The van der Waals surface area contributed by atoms with Crippen LogP contribution in [0.3, 0.4) is 0 Å². The lowest BCUT2D eigenvalue weighted by Crippen LogP contribution is -2.44. The molecule has 1 unspecified atom stereocenters. The van der Waals surface area contributed by atoms with Gasteiger partial charge in [0.25, 0.3) is 0 Å². The number of nitrogens with one attached hydrogen (secondary N) is 1. The number of amides is 1. The van der Waals surface area contributed by atoms with Gasteiger partial charge in [0, 0.05) is 19.0 Å². The first-order chi connectivity index (χ1) is 15.4. The molecule has 1 fully saturated rings. The summed E-state index contributed by atoms with van der Waals surface area (Å²) in [6, 6.07) is 14.8. The van der Waals surface area contributed by atoms with E-state index in [-0.39, 0.29) is 31.8 Å². The van der Waals surface area contributed by atoms with Gasteiger partial charge in [-0.25, -0.2) is 17.2 Å². The van der Waals surface area contributed by atoms with E-state index in [4.69, 9.17) is 4.42 Å². The highest BCUT2D eigenvalue weighted by Gasteiger charge is 2.34. The first kappa shape index (κ1) is 22.2. The Bertz CT molecular complexity index is 1180. The summed E-state index contributed by atoms with van der Waals surface area (Å²) in [7, 11) is -4.19. The van der Waals surface area contributed by atoms with E-state index in [9.17, 15) is 22.0 Å². The van der Waals surface area contributed by atoms with E-state index in [1.54, 1.807) is 12.1 Å². The van der Waals surface area contributed by atoms with Crippen LogP contribution in [0.25, 0.3) is 0 Å². The van der Waals surface area contributed by atoms with Gasteiger partial charge in [0.05, 0.1) is 6.26 Å². The summed E-state index contributed by atoms with van der Waals surface area (Å²) in [6.45, 7) is 0.0697. The fourth-order valence-corrected chi connectivity index (χ4v) is 5.40. The second-order valence-corrected chi connectivity index (χ2v) is 9.53. The van der Waals surface area contributed by atoms with Gasteiger partial charge in [0.2, 0.25) is 15.9 Å². The van der Waals surface area contributed by atoms with E-state index in [1.165, 1.54) is 6.26 Å². The molecular formula is C23H22F2N2O4S. The number of nitrogens with zero attached hydrogens (tertiary/aromatic N) is 1. The molecule has 1 aromatic heterocycles. The second kappa shape index (κ2) is 9.22. The Morgan fingerprint density at radius 2 is 1.75 bits per heavy atom. The maximum atomic E-state index is 14.0. The molecule has 168 valence electrons. The van der Waals surface area contributed by atoms with Crippen molar-refractivity contribution in [2.45, 2.75) is 23.8 Å². The number of halogens is 2. The molecule has 0 saturated carbocycles. The van der Waals surface area contributed by atoms with E-state index >= 15 is 0 Å². The number of carbonyl (C=O) groups excluding carboxylic acids is 1. The van der Waals surface area contributed by atoms with Crippen molar-refractivity contribution < 1.29 is 26.4 Å². The van der Waals surface area contributed by atoms with Crippen LogP contribution in [0.2, 0.25) is 0 Å². The van der Waals surface area contributed by atoms with Crippen molar-refractivity contribution in [1.29, 1.82) is 0 Å². The fourth-order valence-electron chi connectivity index (χ4n) is 3.85. The van der Waals surface area contributed by atoms with Gasteiger partial charge < -0.3 is 9.73 Å². The molecule has 2 heterocycles. The molecule has 1 saturated heterocycles. The minimum atomic E-state index is -4.19. The average molecular weight is 461 g/mol. The van der Waals surface area contributed by atoms with Crippen molar-refractivity contribution in [3.63, 3.8) is 0 Å². The number of rotatable bonds is 6. The molecule has 0 radical (unpaired) electrons. The highest BCUT2D eigenvalue weighted by molar-refractivity contribution is 7.89. The van der Waals surface area contributed by atoms with Gasteiger partial charge >= 0.3 is 0 Å². The Kier molecular flexibility index (Phi) is 6.38. The number of benzene rings is 2.